The van der Waals surface area contributed by atoms with Gasteiger partial charge in [-0.25, -0.2) is 9.59 Å². The second-order valence-corrected chi connectivity index (χ2v) is 10.4. The number of carbonyl (C=O) groups excluding carboxylic acids is 3. The molecule has 0 saturated heterocycles. The molecule has 0 radical (unpaired) electrons. The average molecular weight is 694 g/mol. The molecule has 2 aromatic rings. The van der Waals surface area contributed by atoms with Gasteiger partial charge in [0.05, 0.1) is 14.3 Å². The van der Waals surface area contributed by atoms with E-state index in [-0.39, 0.29) is 24.7 Å². The fourth-order valence-corrected chi connectivity index (χ4v) is 5.09. The van der Waals surface area contributed by atoms with Gasteiger partial charge in [0, 0.05) is 6.42 Å². The van der Waals surface area contributed by atoms with Gasteiger partial charge in [0.2, 0.25) is 5.91 Å². The zero-order chi connectivity index (χ0) is 25.3. The molecule has 0 heterocycles. The minimum atomic E-state index is -1.02. The summed E-state index contributed by atoms with van der Waals surface area (Å²) < 4.78 is 11.4. The van der Waals surface area contributed by atoms with Gasteiger partial charge in [-0.1, -0.05) is 44.2 Å². The van der Waals surface area contributed by atoms with Crippen LogP contribution < -0.4 is 10.6 Å². The number of amides is 2. The first-order chi connectivity index (χ1) is 16.1. The molecule has 0 spiro atoms. The molecule has 0 saturated carbocycles. The van der Waals surface area contributed by atoms with Crippen LogP contribution >= 0.6 is 45.2 Å². The van der Waals surface area contributed by atoms with Crippen molar-refractivity contribution in [3.63, 3.8) is 0 Å². The minimum absolute atomic E-state index is 0.0498. The number of carbonyl (C=O) groups is 3. The molecule has 184 valence electrons. The maximum atomic E-state index is 13.2. The predicted octanol–water partition coefficient (Wildman–Crippen LogP) is 4.14. The number of ether oxygens (including phenoxy) is 2. The lowest BCUT2D eigenvalue weighted by Crippen LogP contribution is -2.53. The molecule has 3 N–H and O–H groups in total. The summed E-state index contributed by atoms with van der Waals surface area (Å²) in [5, 5.41) is 15.4. The van der Waals surface area contributed by atoms with Crippen LogP contribution in [-0.4, -0.2) is 42.3 Å². The van der Waals surface area contributed by atoms with E-state index in [1.807, 2.05) is 89.4 Å². The molecular formula is C24H28I2N2O6. The number of phenols is 1. The topological polar surface area (TPSA) is 114 Å². The molecule has 34 heavy (non-hydrogen) atoms. The average Bonchev–Trinajstić information content (AvgIpc) is 2.80. The first-order valence-electron chi connectivity index (χ1n) is 10.6. The normalized spacial score (nSPS) is 12.5. The Morgan fingerprint density at radius 1 is 0.971 bits per heavy atom. The predicted molar refractivity (Wildman–Crippen MR) is 144 cm³/mol. The second-order valence-electron chi connectivity index (χ2n) is 8.08. The van der Waals surface area contributed by atoms with Crippen LogP contribution in [0.15, 0.2) is 42.5 Å². The van der Waals surface area contributed by atoms with Gasteiger partial charge >= 0.3 is 12.1 Å². The van der Waals surface area contributed by atoms with Gasteiger partial charge in [-0.15, -0.1) is 0 Å². The standard InChI is InChI=1S/C24H28I2N2O6/c1-14(2)9-20(23(31)33-3)27-22(30)19(12-16-10-17(25)21(29)18(26)11-16)28-24(32)34-13-15-7-5-4-6-8-15/h4-8,10-11,14,19-20,29H,9,12-13H2,1-3H3,(H,27,30)(H,28,32)/t19-,20-/m1/s1. The van der Waals surface area contributed by atoms with E-state index in [1.54, 1.807) is 12.1 Å². The maximum Gasteiger partial charge on any atom is 0.408 e. The number of benzene rings is 2. The Morgan fingerprint density at radius 3 is 2.15 bits per heavy atom. The van der Waals surface area contributed by atoms with Crippen molar-refractivity contribution in [2.45, 2.75) is 45.4 Å². The number of aromatic hydroxyl groups is 1. The largest absolute Gasteiger partial charge is 0.506 e. The number of nitrogens with one attached hydrogen (secondary N) is 2. The third-order valence-electron chi connectivity index (χ3n) is 4.85. The molecule has 0 aliphatic rings. The SMILES string of the molecule is COC(=O)[C@@H](CC(C)C)NC(=O)[C@@H](Cc1cc(I)c(O)c(I)c1)NC(=O)OCc1ccccc1. The Balaban J connectivity index is 2.20. The van der Waals surface area contributed by atoms with Crippen LogP contribution in [0.3, 0.4) is 0 Å². The summed E-state index contributed by atoms with van der Waals surface area (Å²) in [7, 11) is 1.26. The van der Waals surface area contributed by atoms with E-state index >= 15 is 0 Å². The van der Waals surface area contributed by atoms with Gasteiger partial charge in [-0.2, -0.15) is 0 Å². The van der Waals surface area contributed by atoms with E-state index < -0.39 is 30.1 Å². The van der Waals surface area contributed by atoms with Crippen molar-refractivity contribution >= 4 is 63.2 Å². The lowest BCUT2D eigenvalue weighted by Gasteiger charge is -2.23. The van der Waals surface area contributed by atoms with E-state index in [0.29, 0.717) is 13.6 Å². The minimum Gasteiger partial charge on any atom is -0.506 e. The number of hydrogen-bond donors (Lipinski definition) is 3. The molecule has 0 aliphatic carbocycles. The Labute approximate surface area is 226 Å². The third kappa shape index (κ3) is 8.93. The molecule has 0 unspecified atom stereocenters. The third-order valence-corrected chi connectivity index (χ3v) is 6.49. The Morgan fingerprint density at radius 2 is 1.59 bits per heavy atom. The van der Waals surface area contributed by atoms with Gasteiger partial charge in [0.1, 0.15) is 24.4 Å². The van der Waals surface area contributed by atoms with Gasteiger partial charge in [-0.05, 0) is 80.8 Å². The van der Waals surface area contributed by atoms with Crippen molar-refractivity contribution in [1.29, 1.82) is 0 Å². The summed E-state index contributed by atoms with van der Waals surface area (Å²) in [6, 6.07) is 10.8. The number of halogens is 2. The fourth-order valence-electron chi connectivity index (χ4n) is 3.19. The molecule has 2 rings (SSSR count). The van der Waals surface area contributed by atoms with E-state index in [4.69, 9.17) is 9.47 Å². The lowest BCUT2D eigenvalue weighted by molar-refractivity contribution is -0.145. The molecule has 10 heteroatoms. The highest BCUT2D eigenvalue weighted by Crippen LogP contribution is 2.28. The molecule has 0 bridgehead atoms. The van der Waals surface area contributed by atoms with Crippen molar-refractivity contribution in [3.8, 4) is 5.75 Å². The van der Waals surface area contributed by atoms with Crippen molar-refractivity contribution in [2.75, 3.05) is 7.11 Å². The van der Waals surface area contributed by atoms with Gasteiger partial charge in [0.25, 0.3) is 0 Å². The van der Waals surface area contributed by atoms with Crippen molar-refractivity contribution in [3.05, 3.63) is 60.7 Å². The van der Waals surface area contributed by atoms with E-state index in [1.165, 1.54) is 7.11 Å². The highest BCUT2D eigenvalue weighted by molar-refractivity contribution is 14.1. The first kappa shape index (κ1) is 28.1. The first-order valence-corrected chi connectivity index (χ1v) is 12.8. The highest BCUT2D eigenvalue weighted by Gasteiger charge is 2.29. The summed E-state index contributed by atoms with van der Waals surface area (Å²) in [4.78, 5) is 37.9. The Bertz CT molecular complexity index is 977. The summed E-state index contributed by atoms with van der Waals surface area (Å²) in [5.74, 6) is -0.803. The number of phenolic OH excluding ortho intramolecular Hbond substituents is 1. The second kappa shape index (κ2) is 13.7. The van der Waals surface area contributed by atoms with Gasteiger partial charge in [0.15, 0.2) is 0 Å². The molecule has 0 aliphatic heterocycles. The van der Waals surface area contributed by atoms with Crippen LogP contribution in [0.1, 0.15) is 31.4 Å². The Hall–Kier alpha value is -2.09. The monoisotopic (exact) mass is 694 g/mol. The zero-order valence-electron chi connectivity index (χ0n) is 19.1. The van der Waals surface area contributed by atoms with Crippen LogP contribution in [0.5, 0.6) is 5.75 Å². The van der Waals surface area contributed by atoms with Crippen molar-refractivity contribution < 1.29 is 29.0 Å². The number of alkyl carbamates (subject to hydrolysis) is 1. The molecular weight excluding hydrogens is 666 g/mol. The highest BCUT2D eigenvalue weighted by atomic mass is 127. The summed E-state index contributed by atoms with van der Waals surface area (Å²) in [6.45, 7) is 3.91. The number of esters is 1. The maximum absolute atomic E-state index is 13.2. The van der Waals surface area contributed by atoms with Crippen LogP contribution in [0, 0.1) is 13.1 Å². The van der Waals surface area contributed by atoms with Crippen LogP contribution in [-0.2, 0) is 32.1 Å². The van der Waals surface area contributed by atoms with Gasteiger partial charge in [-0.3, -0.25) is 4.79 Å². The number of methoxy groups -OCH3 is 1. The van der Waals surface area contributed by atoms with Crippen molar-refractivity contribution in [2.24, 2.45) is 5.92 Å². The molecule has 0 fully saturated rings. The van der Waals surface area contributed by atoms with E-state index in [9.17, 15) is 19.5 Å². The molecule has 0 aromatic heterocycles. The molecule has 8 nitrogen and oxygen atoms in total. The summed E-state index contributed by atoms with van der Waals surface area (Å²) >= 11 is 4.01. The van der Waals surface area contributed by atoms with Crippen LogP contribution in [0.4, 0.5) is 4.79 Å². The Kier molecular flexibility index (Phi) is 11.4. The number of hydrogen-bond acceptors (Lipinski definition) is 6. The zero-order valence-corrected chi connectivity index (χ0v) is 23.5. The fraction of sp³-hybridized carbons (Fsp3) is 0.375. The van der Waals surface area contributed by atoms with Crippen LogP contribution in [0.25, 0.3) is 0 Å². The van der Waals surface area contributed by atoms with Crippen molar-refractivity contribution in [1.82, 2.24) is 10.6 Å². The number of rotatable bonds is 10. The molecule has 2 amide bonds. The summed E-state index contributed by atoms with van der Waals surface area (Å²) in [5.41, 5.74) is 1.54. The van der Waals surface area contributed by atoms with Crippen LogP contribution in [0.2, 0.25) is 0 Å². The quantitative estimate of drug-likeness (QED) is 0.255. The molecule has 2 aromatic carbocycles. The smallest absolute Gasteiger partial charge is 0.408 e. The summed E-state index contributed by atoms with van der Waals surface area (Å²) in [6.07, 6.45) is -0.238. The van der Waals surface area contributed by atoms with E-state index in [0.717, 1.165) is 11.1 Å². The van der Waals surface area contributed by atoms with Gasteiger partial charge < -0.3 is 25.2 Å². The lowest BCUT2D eigenvalue weighted by atomic mass is 10.0. The van der Waals surface area contributed by atoms with E-state index in [2.05, 4.69) is 10.6 Å². The molecule has 2 atom stereocenters.